The van der Waals surface area contributed by atoms with E-state index in [-0.39, 0.29) is 6.61 Å². The minimum absolute atomic E-state index is 0.248. The average Bonchev–Trinajstić information content (AvgIpc) is 2.71. The lowest BCUT2D eigenvalue weighted by Crippen LogP contribution is -2.20. The number of ether oxygens (including phenoxy) is 1. The second-order valence-corrected chi connectivity index (χ2v) is 4.31. The number of para-hydroxylation sites is 1. The first kappa shape index (κ1) is 13.4. The molecule has 0 aliphatic carbocycles. The first-order chi connectivity index (χ1) is 9.10. The first-order valence-electron chi connectivity index (χ1n) is 6.07. The Morgan fingerprint density at radius 2 is 2.32 bits per heavy atom. The van der Waals surface area contributed by atoms with E-state index in [0.29, 0.717) is 23.4 Å². The molecule has 102 valence electrons. The molecule has 2 aromatic rings. The number of imidazole rings is 1. The normalized spacial score (nSPS) is 12.7. The molecular formula is C13H17N3O3. The topological polar surface area (TPSA) is 90.4 Å². The van der Waals surface area contributed by atoms with Crippen LogP contribution in [-0.2, 0) is 16.1 Å². The van der Waals surface area contributed by atoms with Gasteiger partial charge in [0.15, 0.2) is 0 Å². The number of fused-ring (bicyclic) bond motifs is 1. The van der Waals surface area contributed by atoms with Crippen molar-refractivity contribution in [2.75, 3.05) is 12.8 Å². The lowest BCUT2D eigenvalue weighted by Gasteiger charge is -2.16. The molecule has 1 unspecified atom stereocenters. The Bertz CT molecular complexity index is 606. The smallest absolute Gasteiger partial charge is 0.326 e. The van der Waals surface area contributed by atoms with E-state index in [1.807, 2.05) is 13.0 Å². The van der Waals surface area contributed by atoms with E-state index in [1.54, 1.807) is 23.8 Å². The second kappa shape index (κ2) is 5.27. The van der Waals surface area contributed by atoms with Gasteiger partial charge in [-0.05, 0) is 18.6 Å². The Morgan fingerprint density at radius 3 is 2.89 bits per heavy atom. The molecule has 0 amide bonds. The Labute approximate surface area is 110 Å². The molecule has 0 aliphatic heterocycles. The maximum Gasteiger partial charge on any atom is 0.326 e. The van der Waals surface area contributed by atoms with Crippen LogP contribution in [0.4, 0.5) is 5.69 Å². The van der Waals surface area contributed by atoms with Crippen LogP contribution in [0.15, 0.2) is 18.2 Å². The third-order valence-corrected chi connectivity index (χ3v) is 3.08. The molecule has 1 heterocycles. The van der Waals surface area contributed by atoms with Gasteiger partial charge in [0.05, 0.1) is 11.2 Å². The second-order valence-electron chi connectivity index (χ2n) is 4.31. The number of benzene rings is 1. The average molecular weight is 263 g/mol. The summed E-state index contributed by atoms with van der Waals surface area (Å²) in [6, 6.07) is 4.69. The van der Waals surface area contributed by atoms with Gasteiger partial charge in [-0.25, -0.2) is 9.78 Å². The third kappa shape index (κ3) is 2.26. The zero-order valence-corrected chi connectivity index (χ0v) is 11.0. The van der Waals surface area contributed by atoms with Gasteiger partial charge in [0.2, 0.25) is 0 Å². The fourth-order valence-corrected chi connectivity index (χ4v) is 2.23. The van der Waals surface area contributed by atoms with Gasteiger partial charge in [-0.3, -0.25) is 0 Å². The van der Waals surface area contributed by atoms with E-state index in [4.69, 9.17) is 10.5 Å². The van der Waals surface area contributed by atoms with Crippen molar-refractivity contribution in [2.45, 2.75) is 26.0 Å². The Balaban J connectivity index is 2.71. The van der Waals surface area contributed by atoms with Gasteiger partial charge in [-0.1, -0.05) is 13.0 Å². The molecule has 1 aromatic carbocycles. The first-order valence-corrected chi connectivity index (χ1v) is 6.07. The van der Waals surface area contributed by atoms with Crippen LogP contribution in [0.1, 0.15) is 25.2 Å². The zero-order valence-electron chi connectivity index (χ0n) is 11.0. The number of nitrogen functional groups attached to an aromatic ring is 1. The van der Waals surface area contributed by atoms with Gasteiger partial charge in [0, 0.05) is 7.11 Å². The number of carboxylic acid groups (broad SMARTS) is 1. The predicted molar refractivity (Wildman–Crippen MR) is 71.8 cm³/mol. The van der Waals surface area contributed by atoms with Crippen molar-refractivity contribution >= 4 is 22.7 Å². The highest BCUT2D eigenvalue weighted by atomic mass is 16.5. The number of aliphatic carboxylic acids is 1. The van der Waals surface area contributed by atoms with Gasteiger partial charge < -0.3 is 20.1 Å². The van der Waals surface area contributed by atoms with Gasteiger partial charge >= 0.3 is 5.97 Å². The highest BCUT2D eigenvalue weighted by Crippen LogP contribution is 2.27. The SMILES string of the molecule is CCC(C(=O)O)n1c(COC)nc2c(N)cccc21. The highest BCUT2D eigenvalue weighted by Gasteiger charge is 2.24. The minimum Gasteiger partial charge on any atom is -0.480 e. The lowest BCUT2D eigenvalue weighted by atomic mass is 10.2. The van der Waals surface area contributed by atoms with E-state index in [1.165, 1.54) is 0 Å². The van der Waals surface area contributed by atoms with Crippen molar-refractivity contribution in [3.63, 3.8) is 0 Å². The monoisotopic (exact) mass is 263 g/mol. The summed E-state index contributed by atoms with van der Waals surface area (Å²) in [6.07, 6.45) is 0.465. The van der Waals surface area contributed by atoms with Crippen LogP contribution in [-0.4, -0.2) is 27.7 Å². The molecule has 0 fully saturated rings. The summed E-state index contributed by atoms with van der Waals surface area (Å²) in [5.41, 5.74) is 7.77. The van der Waals surface area contributed by atoms with Crippen molar-refractivity contribution in [1.82, 2.24) is 9.55 Å². The molecule has 0 aliphatic rings. The third-order valence-electron chi connectivity index (χ3n) is 3.08. The van der Waals surface area contributed by atoms with Gasteiger partial charge in [-0.2, -0.15) is 0 Å². The van der Waals surface area contributed by atoms with E-state index in [0.717, 1.165) is 5.52 Å². The number of methoxy groups -OCH3 is 1. The van der Waals surface area contributed by atoms with E-state index < -0.39 is 12.0 Å². The molecule has 1 atom stereocenters. The minimum atomic E-state index is -0.887. The van der Waals surface area contributed by atoms with Crippen molar-refractivity contribution in [3.05, 3.63) is 24.0 Å². The maximum atomic E-state index is 11.4. The van der Waals surface area contributed by atoms with Crippen LogP contribution >= 0.6 is 0 Å². The summed E-state index contributed by atoms with van der Waals surface area (Å²) in [6.45, 7) is 2.07. The Morgan fingerprint density at radius 1 is 1.58 bits per heavy atom. The summed E-state index contributed by atoms with van der Waals surface area (Å²) in [5, 5.41) is 9.35. The molecular weight excluding hydrogens is 246 g/mol. The summed E-state index contributed by atoms with van der Waals surface area (Å²) in [7, 11) is 1.55. The standard InChI is InChI=1S/C13H17N3O3/c1-3-9(13(17)18)16-10-6-4-5-8(14)12(10)15-11(16)7-19-2/h4-6,9H,3,7,14H2,1-2H3,(H,17,18). The van der Waals surface area contributed by atoms with Gasteiger partial charge in [0.25, 0.3) is 0 Å². The van der Waals surface area contributed by atoms with Crippen molar-refractivity contribution in [2.24, 2.45) is 0 Å². The van der Waals surface area contributed by atoms with Crippen LogP contribution in [0, 0.1) is 0 Å². The molecule has 0 saturated carbocycles. The maximum absolute atomic E-state index is 11.4. The van der Waals surface area contributed by atoms with Gasteiger partial charge in [-0.15, -0.1) is 0 Å². The largest absolute Gasteiger partial charge is 0.480 e. The summed E-state index contributed by atoms with van der Waals surface area (Å²) >= 11 is 0. The number of carbonyl (C=O) groups is 1. The molecule has 0 radical (unpaired) electrons. The number of hydrogen-bond acceptors (Lipinski definition) is 4. The van der Waals surface area contributed by atoms with Crippen molar-refractivity contribution in [3.8, 4) is 0 Å². The summed E-state index contributed by atoms with van der Waals surface area (Å²) in [5.74, 6) is -0.314. The molecule has 0 saturated heterocycles. The fraction of sp³-hybridized carbons (Fsp3) is 0.385. The van der Waals surface area contributed by atoms with E-state index >= 15 is 0 Å². The molecule has 6 heteroatoms. The lowest BCUT2D eigenvalue weighted by molar-refractivity contribution is -0.141. The van der Waals surface area contributed by atoms with E-state index in [9.17, 15) is 9.90 Å². The summed E-state index contributed by atoms with van der Waals surface area (Å²) < 4.78 is 6.79. The number of aromatic nitrogens is 2. The van der Waals surface area contributed by atoms with Crippen LogP contribution in [0.5, 0.6) is 0 Å². The number of rotatable bonds is 5. The number of nitrogens with zero attached hydrogens (tertiary/aromatic N) is 2. The highest BCUT2D eigenvalue weighted by molar-refractivity contribution is 5.89. The Kier molecular flexibility index (Phi) is 3.71. The molecule has 1 aromatic heterocycles. The number of anilines is 1. The Hall–Kier alpha value is -2.08. The summed E-state index contributed by atoms with van der Waals surface area (Å²) in [4.78, 5) is 15.8. The van der Waals surface area contributed by atoms with Crippen molar-refractivity contribution in [1.29, 1.82) is 0 Å². The molecule has 3 N–H and O–H groups in total. The molecule has 0 spiro atoms. The number of carboxylic acids is 1. The van der Waals surface area contributed by atoms with Crippen LogP contribution in [0.3, 0.4) is 0 Å². The predicted octanol–water partition coefficient (Wildman–Crippen LogP) is 1.80. The molecule has 19 heavy (non-hydrogen) atoms. The van der Waals surface area contributed by atoms with Crippen molar-refractivity contribution < 1.29 is 14.6 Å². The molecule has 2 rings (SSSR count). The fourth-order valence-electron chi connectivity index (χ4n) is 2.23. The van der Waals surface area contributed by atoms with E-state index in [2.05, 4.69) is 4.98 Å². The molecule has 0 bridgehead atoms. The number of hydrogen-bond donors (Lipinski definition) is 2. The van der Waals surface area contributed by atoms with Crippen LogP contribution < -0.4 is 5.73 Å². The quantitative estimate of drug-likeness (QED) is 0.803. The molecule has 6 nitrogen and oxygen atoms in total. The number of nitrogens with two attached hydrogens (primary N) is 1. The zero-order chi connectivity index (χ0) is 14.0. The van der Waals surface area contributed by atoms with Crippen LogP contribution in [0.25, 0.3) is 11.0 Å². The van der Waals surface area contributed by atoms with Crippen LogP contribution in [0.2, 0.25) is 0 Å². The van der Waals surface area contributed by atoms with Gasteiger partial charge in [0.1, 0.15) is 24.0 Å².